The highest BCUT2D eigenvalue weighted by molar-refractivity contribution is 5.82. The van der Waals surface area contributed by atoms with Crippen LogP contribution in [0.5, 0.6) is 5.75 Å². The van der Waals surface area contributed by atoms with Crippen molar-refractivity contribution in [2.24, 2.45) is 5.92 Å². The molecule has 1 unspecified atom stereocenters. The number of benzene rings is 1. The van der Waals surface area contributed by atoms with Gasteiger partial charge in [-0.05, 0) is 75.1 Å². The topological polar surface area (TPSA) is 55.8 Å². The van der Waals surface area contributed by atoms with Gasteiger partial charge in [-0.3, -0.25) is 9.59 Å². The van der Waals surface area contributed by atoms with Crippen molar-refractivity contribution in [2.45, 2.75) is 64.9 Å². The van der Waals surface area contributed by atoms with E-state index in [1.807, 2.05) is 24.8 Å². The Hall–Kier alpha value is -2.04. The summed E-state index contributed by atoms with van der Waals surface area (Å²) in [5.41, 5.74) is 2.77. The molecular formula is C22H31NO4. The molecule has 0 bridgehead atoms. The van der Waals surface area contributed by atoms with E-state index in [1.165, 1.54) is 24.0 Å². The van der Waals surface area contributed by atoms with Crippen LogP contribution in [-0.2, 0) is 27.2 Å². The van der Waals surface area contributed by atoms with E-state index in [0.717, 1.165) is 18.6 Å². The number of carbonyl (C=O) groups excluding carboxylic acids is 2. The van der Waals surface area contributed by atoms with Crippen LogP contribution in [-0.4, -0.2) is 42.6 Å². The summed E-state index contributed by atoms with van der Waals surface area (Å²) >= 11 is 0. The third-order valence-electron chi connectivity index (χ3n) is 5.67. The van der Waals surface area contributed by atoms with Gasteiger partial charge in [-0.15, -0.1) is 0 Å². The predicted molar refractivity (Wildman–Crippen MR) is 104 cm³/mol. The highest BCUT2D eigenvalue weighted by Crippen LogP contribution is 2.27. The van der Waals surface area contributed by atoms with E-state index in [-0.39, 0.29) is 17.8 Å². The average molecular weight is 373 g/mol. The molecule has 5 nitrogen and oxygen atoms in total. The maximum atomic E-state index is 12.9. The molecule has 1 atom stereocenters. The normalized spacial score (nSPS) is 18.5. The quantitative estimate of drug-likeness (QED) is 0.716. The summed E-state index contributed by atoms with van der Waals surface area (Å²) in [6.07, 6.45) is 6.21. The molecule has 1 saturated heterocycles. The van der Waals surface area contributed by atoms with Crippen molar-refractivity contribution in [3.63, 3.8) is 0 Å². The van der Waals surface area contributed by atoms with Crippen molar-refractivity contribution < 1.29 is 19.1 Å². The Balaban J connectivity index is 1.57. The number of nitrogens with zero attached hydrogens (tertiary/aromatic N) is 1. The fourth-order valence-electron chi connectivity index (χ4n) is 4.06. The van der Waals surface area contributed by atoms with E-state index < -0.39 is 6.10 Å². The number of ether oxygens (including phenoxy) is 2. The zero-order valence-electron chi connectivity index (χ0n) is 16.5. The van der Waals surface area contributed by atoms with Gasteiger partial charge >= 0.3 is 5.97 Å². The molecule has 0 aromatic heterocycles. The Morgan fingerprint density at radius 1 is 1.11 bits per heavy atom. The maximum Gasteiger partial charge on any atom is 0.309 e. The Bertz CT molecular complexity index is 664. The summed E-state index contributed by atoms with van der Waals surface area (Å²) in [6.45, 7) is 5.38. The van der Waals surface area contributed by atoms with Crippen LogP contribution in [0.2, 0.25) is 0 Å². The summed E-state index contributed by atoms with van der Waals surface area (Å²) in [5.74, 6) is 0.590. The fraction of sp³-hybridized carbons (Fsp3) is 0.636. The van der Waals surface area contributed by atoms with Crippen LogP contribution in [0.4, 0.5) is 0 Å². The van der Waals surface area contributed by atoms with Crippen LogP contribution in [0.15, 0.2) is 18.2 Å². The van der Waals surface area contributed by atoms with E-state index in [1.54, 1.807) is 0 Å². The molecule has 0 N–H and O–H groups in total. The van der Waals surface area contributed by atoms with Crippen LogP contribution in [0.1, 0.15) is 57.1 Å². The zero-order chi connectivity index (χ0) is 19.2. The second-order valence-electron chi connectivity index (χ2n) is 7.50. The Labute approximate surface area is 162 Å². The number of piperidine rings is 1. The van der Waals surface area contributed by atoms with Crippen molar-refractivity contribution >= 4 is 11.9 Å². The van der Waals surface area contributed by atoms with Gasteiger partial charge in [0.1, 0.15) is 5.75 Å². The van der Waals surface area contributed by atoms with Crippen molar-refractivity contribution in [2.75, 3.05) is 19.7 Å². The van der Waals surface area contributed by atoms with Gasteiger partial charge in [-0.2, -0.15) is 0 Å². The molecular weight excluding hydrogens is 342 g/mol. The fourth-order valence-corrected chi connectivity index (χ4v) is 4.06. The number of carbonyl (C=O) groups is 2. The van der Waals surface area contributed by atoms with Gasteiger partial charge in [0.05, 0.1) is 12.5 Å². The highest BCUT2D eigenvalue weighted by atomic mass is 16.5. The van der Waals surface area contributed by atoms with Gasteiger partial charge < -0.3 is 14.4 Å². The third kappa shape index (κ3) is 4.82. The van der Waals surface area contributed by atoms with Crippen molar-refractivity contribution in [1.82, 2.24) is 4.90 Å². The minimum absolute atomic E-state index is 0.0255. The van der Waals surface area contributed by atoms with Crippen molar-refractivity contribution in [1.29, 1.82) is 0 Å². The summed E-state index contributed by atoms with van der Waals surface area (Å²) in [5, 5.41) is 0. The van der Waals surface area contributed by atoms with E-state index in [2.05, 4.69) is 12.1 Å². The Morgan fingerprint density at radius 3 is 2.48 bits per heavy atom. The lowest BCUT2D eigenvalue weighted by atomic mass is 9.92. The molecule has 5 heteroatoms. The molecule has 0 saturated carbocycles. The molecule has 1 heterocycles. The van der Waals surface area contributed by atoms with Crippen LogP contribution < -0.4 is 4.74 Å². The molecule has 1 amide bonds. The number of hydrogen-bond acceptors (Lipinski definition) is 4. The number of fused-ring (bicyclic) bond motifs is 1. The summed E-state index contributed by atoms with van der Waals surface area (Å²) in [6, 6.07) is 6.25. The van der Waals surface area contributed by atoms with E-state index in [0.29, 0.717) is 39.0 Å². The Morgan fingerprint density at radius 2 is 1.81 bits per heavy atom. The summed E-state index contributed by atoms with van der Waals surface area (Å²) in [7, 11) is 0. The second kappa shape index (κ2) is 9.25. The molecule has 2 aliphatic rings. The van der Waals surface area contributed by atoms with E-state index in [4.69, 9.17) is 9.47 Å². The van der Waals surface area contributed by atoms with Crippen LogP contribution >= 0.6 is 0 Å². The van der Waals surface area contributed by atoms with Gasteiger partial charge in [0.25, 0.3) is 5.91 Å². The van der Waals surface area contributed by atoms with E-state index in [9.17, 15) is 9.59 Å². The minimum Gasteiger partial charge on any atom is -0.481 e. The lowest BCUT2D eigenvalue weighted by Gasteiger charge is -2.33. The molecule has 0 radical (unpaired) electrons. The number of hydrogen-bond donors (Lipinski definition) is 0. The standard InChI is InChI=1S/C22H31NO4/c1-3-20(27-19-10-9-16-7-5-6-8-18(16)15-19)21(24)23-13-11-17(12-14-23)22(25)26-4-2/h9-10,15,17,20H,3-8,11-14H2,1-2H3. The number of aryl methyl sites for hydroxylation is 2. The highest BCUT2D eigenvalue weighted by Gasteiger charge is 2.31. The number of esters is 1. The van der Waals surface area contributed by atoms with Crippen molar-refractivity contribution in [3.05, 3.63) is 29.3 Å². The molecule has 1 aliphatic carbocycles. The SMILES string of the molecule is CCOC(=O)C1CCN(C(=O)C(CC)Oc2ccc3c(c2)CCCC3)CC1. The van der Waals surface area contributed by atoms with Crippen LogP contribution in [0.3, 0.4) is 0 Å². The molecule has 27 heavy (non-hydrogen) atoms. The molecule has 3 rings (SSSR count). The second-order valence-corrected chi connectivity index (χ2v) is 7.50. The van der Waals surface area contributed by atoms with Gasteiger partial charge in [0, 0.05) is 13.1 Å². The van der Waals surface area contributed by atoms with Crippen LogP contribution in [0, 0.1) is 5.92 Å². The smallest absolute Gasteiger partial charge is 0.309 e. The number of likely N-dealkylation sites (tertiary alicyclic amines) is 1. The molecule has 148 valence electrons. The minimum atomic E-state index is -0.467. The average Bonchev–Trinajstić information content (AvgIpc) is 2.71. The first kappa shape index (κ1) is 19.7. The molecule has 1 aromatic carbocycles. The summed E-state index contributed by atoms with van der Waals surface area (Å²) in [4.78, 5) is 26.6. The molecule has 1 fully saturated rings. The first-order chi connectivity index (χ1) is 13.1. The largest absolute Gasteiger partial charge is 0.481 e. The lowest BCUT2D eigenvalue weighted by Crippen LogP contribution is -2.46. The first-order valence-corrected chi connectivity index (χ1v) is 10.4. The number of rotatable bonds is 6. The molecule has 1 aromatic rings. The van der Waals surface area contributed by atoms with Crippen molar-refractivity contribution in [3.8, 4) is 5.75 Å². The Kier molecular flexibility index (Phi) is 6.75. The van der Waals surface area contributed by atoms with Gasteiger partial charge in [-0.1, -0.05) is 13.0 Å². The lowest BCUT2D eigenvalue weighted by molar-refractivity contribution is -0.152. The molecule has 0 spiro atoms. The number of amides is 1. The zero-order valence-corrected chi connectivity index (χ0v) is 16.5. The predicted octanol–water partition coefficient (Wildman–Crippen LogP) is 3.52. The monoisotopic (exact) mass is 373 g/mol. The van der Waals surface area contributed by atoms with Gasteiger partial charge in [0.2, 0.25) is 0 Å². The summed E-state index contributed by atoms with van der Waals surface area (Å²) < 4.78 is 11.2. The molecule has 1 aliphatic heterocycles. The first-order valence-electron chi connectivity index (χ1n) is 10.4. The third-order valence-corrected chi connectivity index (χ3v) is 5.67. The van der Waals surface area contributed by atoms with Gasteiger partial charge in [0.15, 0.2) is 6.10 Å². The van der Waals surface area contributed by atoms with E-state index >= 15 is 0 Å². The van der Waals surface area contributed by atoms with Crippen LogP contribution in [0.25, 0.3) is 0 Å². The maximum absolute atomic E-state index is 12.9. The van der Waals surface area contributed by atoms with Gasteiger partial charge in [-0.25, -0.2) is 0 Å².